The molecule has 0 heterocycles. The first kappa shape index (κ1) is 23.4. The number of benzene rings is 1. The van der Waals surface area contributed by atoms with Crippen molar-refractivity contribution in [3.05, 3.63) is 29.8 Å². The van der Waals surface area contributed by atoms with E-state index in [0.717, 1.165) is 38.9 Å². The number of halogens is 1. The Kier molecular flexibility index (Phi) is 12.8. The molecule has 6 heteroatoms. The highest BCUT2D eigenvalue weighted by Gasteiger charge is 2.14. The second-order valence-corrected chi connectivity index (χ2v) is 5.93. The maximum Gasteiger partial charge on any atom is 0.339 e. The molecule has 5 nitrogen and oxygen atoms in total. The minimum atomic E-state index is -1.09. The van der Waals surface area contributed by atoms with Gasteiger partial charge in [-0.3, -0.25) is 4.79 Å². The van der Waals surface area contributed by atoms with Crippen molar-refractivity contribution in [3.8, 4) is 5.75 Å². The minimum absolute atomic E-state index is 0. The molecule has 0 saturated carbocycles. The van der Waals surface area contributed by atoms with Gasteiger partial charge in [0.1, 0.15) is 11.3 Å². The molecule has 0 atom stereocenters. The predicted molar refractivity (Wildman–Crippen MR) is 102 cm³/mol. The topological polar surface area (TPSA) is 66.8 Å². The number of nitrogens with zero attached hydrogens (tertiary/aromatic N) is 1. The summed E-state index contributed by atoms with van der Waals surface area (Å²) >= 11 is 0. The Labute approximate surface area is 156 Å². The Morgan fingerprint density at radius 3 is 2.12 bits per heavy atom. The Morgan fingerprint density at radius 1 is 1.00 bits per heavy atom. The highest BCUT2D eigenvalue weighted by molar-refractivity contribution is 5.91. The first-order valence-corrected chi connectivity index (χ1v) is 8.83. The van der Waals surface area contributed by atoms with Gasteiger partial charge in [-0.1, -0.05) is 38.8 Å². The van der Waals surface area contributed by atoms with Crippen LogP contribution in [0.25, 0.3) is 0 Å². The number of carbonyl (C=O) groups excluding carboxylic acids is 1. The van der Waals surface area contributed by atoms with Gasteiger partial charge < -0.3 is 14.7 Å². The van der Waals surface area contributed by atoms with Crippen molar-refractivity contribution in [2.45, 2.75) is 52.4 Å². The third-order valence-electron chi connectivity index (χ3n) is 3.85. The van der Waals surface area contributed by atoms with Crippen molar-refractivity contribution in [1.29, 1.82) is 0 Å². The summed E-state index contributed by atoms with van der Waals surface area (Å²) in [6.07, 6.45) is 5.68. The number of hydrogen-bond donors (Lipinski definition) is 1. The molecule has 0 fully saturated rings. The summed E-state index contributed by atoms with van der Waals surface area (Å²) in [7, 11) is 0. The van der Waals surface area contributed by atoms with E-state index >= 15 is 0 Å². The lowest BCUT2D eigenvalue weighted by Gasteiger charge is -2.21. The molecule has 0 aromatic heterocycles. The Bertz CT molecular complexity index is 514. The molecular weight excluding hydrogens is 342 g/mol. The lowest BCUT2D eigenvalue weighted by molar-refractivity contribution is -0.134. The average molecular weight is 372 g/mol. The number of esters is 1. The van der Waals surface area contributed by atoms with Crippen LogP contribution in [0.1, 0.15) is 62.7 Å². The standard InChI is InChI=1S/C19H29NO4.ClH/c1-3-5-13-20(14-6-4-2)15-9-12-18(21)24-17-11-8-7-10-16(17)19(22)23;/h7-8,10-11H,3-6,9,12-15H2,1-2H3,(H,22,23);1H. The summed E-state index contributed by atoms with van der Waals surface area (Å²) in [5, 5.41) is 9.09. The molecule has 0 aliphatic carbocycles. The number of hydrogen-bond acceptors (Lipinski definition) is 4. The molecule has 142 valence electrons. The summed E-state index contributed by atoms with van der Waals surface area (Å²) in [6.45, 7) is 7.35. The van der Waals surface area contributed by atoms with Gasteiger partial charge in [-0.15, -0.1) is 12.4 Å². The van der Waals surface area contributed by atoms with E-state index in [-0.39, 0.29) is 29.7 Å². The number of aromatic carboxylic acids is 1. The second kappa shape index (κ2) is 13.7. The van der Waals surface area contributed by atoms with Gasteiger partial charge >= 0.3 is 11.9 Å². The lowest BCUT2D eigenvalue weighted by atomic mass is 10.2. The van der Waals surface area contributed by atoms with Crippen LogP contribution in [0, 0.1) is 0 Å². The molecule has 0 spiro atoms. The van der Waals surface area contributed by atoms with Crippen LogP contribution in [-0.2, 0) is 4.79 Å². The molecule has 0 saturated heterocycles. The van der Waals surface area contributed by atoms with Gasteiger partial charge in [-0.25, -0.2) is 4.79 Å². The monoisotopic (exact) mass is 371 g/mol. The molecule has 0 bridgehead atoms. The fraction of sp³-hybridized carbons (Fsp3) is 0.579. The zero-order valence-corrected chi connectivity index (χ0v) is 16.0. The zero-order chi connectivity index (χ0) is 17.8. The van der Waals surface area contributed by atoms with E-state index in [4.69, 9.17) is 9.84 Å². The van der Waals surface area contributed by atoms with Crippen LogP contribution in [0.4, 0.5) is 0 Å². The molecule has 1 aromatic carbocycles. The van der Waals surface area contributed by atoms with Crippen molar-refractivity contribution >= 4 is 24.3 Å². The van der Waals surface area contributed by atoms with Crippen LogP contribution >= 0.6 is 12.4 Å². The third kappa shape index (κ3) is 9.46. The van der Waals surface area contributed by atoms with Gasteiger partial charge in [0.2, 0.25) is 0 Å². The van der Waals surface area contributed by atoms with Gasteiger partial charge in [0.05, 0.1) is 0 Å². The summed E-state index contributed by atoms with van der Waals surface area (Å²) < 4.78 is 5.21. The Morgan fingerprint density at radius 2 is 1.56 bits per heavy atom. The van der Waals surface area contributed by atoms with Gasteiger partial charge in [-0.2, -0.15) is 0 Å². The highest BCUT2D eigenvalue weighted by Crippen LogP contribution is 2.18. The number of ether oxygens (including phenoxy) is 1. The van der Waals surface area contributed by atoms with Crippen LogP contribution < -0.4 is 4.74 Å². The highest BCUT2D eigenvalue weighted by atomic mass is 35.5. The van der Waals surface area contributed by atoms with E-state index in [2.05, 4.69) is 18.7 Å². The Balaban J connectivity index is 0.00000576. The molecule has 1 rings (SSSR count). The SMILES string of the molecule is CCCCN(CCCC)CCCC(=O)Oc1ccccc1C(=O)O.Cl. The predicted octanol–water partition coefficient (Wildman–Crippen LogP) is 4.39. The summed E-state index contributed by atoms with van der Waals surface area (Å²) in [5.74, 6) is -1.36. The molecule has 1 N–H and O–H groups in total. The second-order valence-electron chi connectivity index (χ2n) is 5.93. The molecule has 0 radical (unpaired) electrons. The summed E-state index contributed by atoms with van der Waals surface area (Å²) in [6, 6.07) is 6.21. The number of unbranched alkanes of at least 4 members (excludes halogenated alkanes) is 2. The van der Waals surface area contributed by atoms with E-state index in [9.17, 15) is 9.59 Å². The van der Waals surface area contributed by atoms with Crippen LogP contribution in [-0.4, -0.2) is 41.6 Å². The largest absolute Gasteiger partial charge is 0.478 e. The van der Waals surface area contributed by atoms with Crippen molar-refractivity contribution in [2.75, 3.05) is 19.6 Å². The normalized spacial score (nSPS) is 10.4. The van der Waals surface area contributed by atoms with E-state index in [1.54, 1.807) is 12.1 Å². The fourth-order valence-electron chi connectivity index (χ4n) is 2.45. The molecular formula is C19H30ClNO4. The van der Waals surface area contributed by atoms with Crippen molar-refractivity contribution < 1.29 is 19.4 Å². The van der Waals surface area contributed by atoms with Gasteiger partial charge in [0, 0.05) is 6.42 Å². The molecule has 25 heavy (non-hydrogen) atoms. The van der Waals surface area contributed by atoms with E-state index < -0.39 is 5.97 Å². The molecule has 0 amide bonds. The third-order valence-corrected chi connectivity index (χ3v) is 3.85. The molecule has 1 aromatic rings. The van der Waals surface area contributed by atoms with Crippen LogP contribution in [0.5, 0.6) is 5.75 Å². The lowest BCUT2D eigenvalue weighted by Crippen LogP contribution is -2.28. The van der Waals surface area contributed by atoms with Gasteiger partial charge in [0.15, 0.2) is 0 Å². The first-order chi connectivity index (χ1) is 11.6. The quantitative estimate of drug-likeness (QED) is 0.436. The smallest absolute Gasteiger partial charge is 0.339 e. The number of carboxylic acids is 1. The van der Waals surface area contributed by atoms with Crippen LogP contribution in [0.15, 0.2) is 24.3 Å². The van der Waals surface area contributed by atoms with Crippen molar-refractivity contribution in [3.63, 3.8) is 0 Å². The number of rotatable bonds is 12. The fourth-order valence-corrected chi connectivity index (χ4v) is 2.45. The molecule has 0 aliphatic heterocycles. The number of carbonyl (C=O) groups is 2. The Hall–Kier alpha value is -1.59. The minimum Gasteiger partial charge on any atom is -0.478 e. The first-order valence-electron chi connectivity index (χ1n) is 8.83. The van der Waals surface area contributed by atoms with E-state index in [1.807, 2.05) is 0 Å². The zero-order valence-electron chi connectivity index (χ0n) is 15.2. The van der Waals surface area contributed by atoms with Crippen LogP contribution in [0.2, 0.25) is 0 Å². The van der Waals surface area contributed by atoms with Gasteiger partial charge in [-0.05, 0) is 51.0 Å². The maximum atomic E-state index is 12.0. The summed E-state index contributed by atoms with van der Waals surface area (Å²) in [4.78, 5) is 25.5. The number of carboxylic acid groups (broad SMARTS) is 1. The molecule has 0 aliphatic rings. The van der Waals surface area contributed by atoms with Gasteiger partial charge in [0.25, 0.3) is 0 Å². The summed E-state index contributed by atoms with van der Waals surface area (Å²) in [5.41, 5.74) is 0.0124. The number of para-hydroxylation sites is 1. The van der Waals surface area contributed by atoms with E-state index in [1.165, 1.54) is 25.0 Å². The van der Waals surface area contributed by atoms with Crippen LogP contribution in [0.3, 0.4) is 0 Å². The maximum absolute atomic E-state index is 12.0. The molecule has 0 unspecified atom stereocenters. The average Bonchev–Trinajstić information content (AvgIpc) is 2.57. The van der Waals surface area contributed by atoms with Crippen molar-refractivity contribution in [2.24, 2.45) is 0 Å². The van der Waals surface area contributed by atoms with E-state index in [0.29, 0.717) is 6.42 Å². The van der Waals surface area contributed by atoms with Crippen molar-refractivity contribution in [1.82, 2.24) is 4.90 Å².